The highest BCUT2D eigenvalue weighted by atomic mass is 32.3. The van der Waals surface area contributed by atoms with Gasteiger partial charge in [0.05, 0.1) is 0 Å². The number of anilines is 1. The van der Waals surface area contributed by atoms with Crippen molar-refractivity contribution in [3.05, 3.63) is 82.4 Å². The number of halogens is 1. The maximum absolute atomic E-state index is 13.6. The number of hydrogen-bond donors (Lipinski definition) is 2. The molecule has 1 heterocycles. The van der Waals surface area contributed by atoms with Crippen molar-refractivity contribution in [2.75, 3.05) is 37.7 Å². The van der Waals surface area contributed by atoms with Gasteiger partial charge in [-0.15, -0.1) is 0 Å². The van der Waals surface area contributed by atoms with Gasteiger partial charge in [0.2, 0.25) is 0 Å². The van der Waals surface area contributed by atoms with Gasteiger partial charge < -0.3 is 24.5 Å². The zero-order valence-corrected chi connectivity index (χ0v) is 22.1. The Morgan fingerprint density at radius 2 is 1.63 bits per heavy atom. The molecule has 1 fully saturated rings. The summed E-state index contributed by atoms with van der Waals surface area (Å²) in [4.78, 5) is 14.8. The largest absolute Gasteiger partial charge is 0.488 e. The Bertz CT molecular complexity index is 1430. The third kappa shape index (κ3) is 5.32. The van der Waals surface area contributed by atoms with Crippen LogP contribution >= 0.6 is 0 Å². The van der Waals surface area contributed by atoms with Crippen molar-refractivity contribution in [2.24, 2.45) is 0 Å². The van der Waals surface area contributed by atoms with Gasteiger partial charge >= 0.3 is 16.6 Å². The van der Waals surface area contributed by atoms with Crippen molar-refractivity contribution < 1.29 is 26.0 Å². The fourth-order valence-electron chi connectivity index (χ4n) is 5.38. The van der Waals surface area contributed by atoms with Crippen LogP contribution in [0.4, 0.5) is 14.4 Å². The number of piperazine rings is 1. The Morgan fingerprint density at radius 1 is 1.03 bits per heavy atom. The number of carbonyl (C=O) groups excluding carboxylic acids is 1. The number of ether oxygens (including phenoxy) is 1. The summed E-state index contributed by atoms with van der Waals surface area (Å²) in [6.07, 6.45) is -0.601. The summed E-state index contributed by atoms with van der Waals surface area (Å²) >= 11 is 0. The van der Waals surface area contributed by atoms with Gasteiger partial charge in [-0.3, -0.25) is 0 Å². The zero-order valence-electron chi connectivity index (χ0n) is 21.3. The summed E-state index contributed by atoms with van der Waals surface area (Å²) < 4.78 is 46.6. The number of nitrogens with one attached hydrogen (secondary N) is 2. The van der Waals surface area contributed by atoms with Gasteiger partial charge in [0, 0.05) is 49.9 Å². The molecular formula is C28H30FN3O5S. The van der Waals surface area contributed by atoms with Crippen LogP contribution in [0.3, 0.4) is 0 Å². The number of benzene rings is 3. The predicted molar refractivity (Wildman–Crippen MR) is 144 cm³/mol. The topological polar surface area (TPSA) is 97.0 Å². The van der Waals surface area contributed by atoms with Crippen LogP contribution in [0.1, 0.15) is 33.7 Å². The van der Waals surface area contributed by atoms with Gasteiger partial charge in [0.15, 0.2) is 5.75 Å². The van der Waals surface area contributed by atoms with Gasteiger partial charge in [-0.25, -0.2) is 4.79 Å². The lowest BCUT2D eigenvalue weighted by Crippen LogP contribution is -2.44. The first-order valence-corrected chi connectivity index (χ1v) is 13.9. The molecular weight excluding hydrogens is 509 g/mol. The third-order valence-electron chi connectivity index (χ3n) is 7.27. The number of nitrogens with zero attached hydrogens (tertiary/aromatic N) is 1. The van der Waals surface area contributed by atoms with Crippen LogP contribution in [0.2, 0.25) is 0 Å². The minimum Gasteiger partial charge on any atom is -0.449 e. The number of alkyl carbamates (subject to hydrolysis) is 1. The maximum Gasteiger partial charge on any atom is 0.488 e. The number of rotatable bonds is 7. The number of amides is 1. The van der Waals surface area contributed by atoms with E-state index >= 15 is 0 Å². The maximum atomic E-state index is 13.6. The van der Waals surface area contributed by atoms with Crippen LogP contribution in [0.25, 0.3) is 11.1 Å². The number of carbonyl (C=O) groups is 1. The molecule has 0 bridgehead atoms. The molecule has 0 unspecified atom stereocenters. The fraction of sp³-hybridized carbons (Fsp3) is 0.321. The van der Waals surface area contributed by atoms with Gasteiger partial charge in [0.25, 0.3) is 0 Å². The highest BCUT2D eigenvalue weighted by Gasteiger charge is 2.29. The minimum atomic E-state index is -5.23. The molecule has 0 aromatic heterocycles. The standard InChI is InChI=1S/C28H30FN3O5S/c1-18-20(15-26(32-13-11-30-12-14-32)19(2)27(18)37-38(29,34)35)16-31-28(33)36-17-25-23-9-5-3-7-21(23)22-8-4-6-10-24(22)25/h3-10,15,25,30H,11-14,16-17H2,1-2H3,(H,31,33). The molecule has 0 spiro atoms. The van der Waals surface area contributed by atoms with Crippen molar-refractivity contribution in [3.63, 3.8) is 0 Å². The zero-order chi connectivity index (χ0) is 26.9. The highest BCUT2D eigenvalue weighted by molar-refractivity contribution is 7.81. The van der Waals surface area contributed by atoms with Crippen molar-refractivity contribution in [3.8, 4) is 16.9 Å². The predicted octanol–water partition coefficient (Wildman–Crippen LogP) is 4.34. The summed E-state index contributed by atoms with van der Waals surface area (Å²) in [6.45, 7) is 6.50. The normalized spacial score (nSPS) is 15.1. The molecule has 2 aliphatic rings. The van der Waals surface area contributed by atoms with Gasteiger partial charge in [-0.1, -0.05) is 52.4 Å². The molecule has 1 saturated heterocycles. The highest BCUT2D eigenvalue weighted by Crippen LogP contribution is 2.44. The molecule has 1 aliphatic carbocycles. The average molecular weight is 540 g/mol. The minimum absolute atomic E-state index is 0.0601. The van der Waals surface area contributed by atoms with E-state index in [2.05, 4.69) is 39.8 Å². The SMILES string of the molecule is Cc1c(CNC(=O)OCC2c3ccccc3-c3ccccc32)cc(N2CCNCC2)c(C)c1OS(=O)(=O)F. The Balaban J connectivity index is 1.32. The van der Waals surface area contributed by atoms with E-state index in [9.17, 15) is 17.1 Å². The first-order valence-electron chi connectivity index (χ1n) is 12.5. The summed E-state index contributed by atoms with van der Waals surface area (Å²) in [5.41, 5.74) is 6.82. The lowest BCUT2D eigenvalue weighted by Gasteiger charge is -2.32. The third-order valence-corrected chi connectivity index (χ3v) is 7.63. The Labute approximate surface area is 222 Å². The van der Waals surface area contributed by atoms with Crippen molar-refractivity contribution in [1.29, 1.82) is 0 Å². The molecule has 1 aliphatic heterocycles. The molecule has 38 heavy (non-hydrogen) atoms. The second-order valence-electron chi connectivity index (χ2n) is 9.53. The van der Waals surface area contributed by atoms with E-state index < -0.39 is 16.6 Å². The van der Waals surface area contributed by atoms with E-state index in [1.165, 1.54) is 0 Å². The first kappa shape index (κ1) is 26.0. The molecule has 5 rings (SSSR count). The quantitative estimate of drug-likeness (QED) is 0.431. The van der Waals surface area contributed by atoms with E-state index in [1.54, 1.807) is 13.8 Å². The summed E-state index contributed by atoms with van der Waals surface area (Å²) in [6, 6.07) is 18.1. The number of hydrogen-bond acceptors (Lipinski definition) is 7. The van der Waals surface area contributed by atoms with Gasteiger partial charge in [-0.05, 0) is 53.3 Å². The van der Waals surface area contributed by atoms with Crippen LogP contribution in [-0.4, -0.2) is 47.3 Å². The Kier molecular flexibility index (Phi) is 7.27. The fourth-order valence-corrected chi connectivity index (χ4v) is 5.83. The summed E-state index contributed by atoms with van der Waals surface area (Å²) in [5.74, 6) is -0.129. The van der Waals surface area contributed by atoms with E-state index in [-0.39, 0.29) is 24.8 Å². The molecule has 8 nitrogen and oxygen atoms in total. The molecule has 0 radical (unpaired) electrons. The molecule has 0 atom stereocenters. The summed E-state index contributed by atoms with van der Waals surface area (Å²) in [5, 5.41) is 6.03. The van der Waals surface area contributed by atoms with Crippen LogP contribution < -0.4 is 19.7 Å². The van der Waals surface area contributed by atoms with Crippen molar-refractivity contribution in [1.82, 2.24) is 10.6 Å². The van der Waals surface area contributed by atoms with Crippen molar-refractivity contribution in [2.45, 2.75) is 26.3 Å². The molecule has 1 amide bonds. The van der Waals surface area contributed by atoms with Crippen LogP contribution in [-0.2, 0) is 21.8 Å². The van der Waals surface area contributed by atoms with Gasteiger partial charge in [0.1, 0.15) is 6.61 Å². The second kappa shape index (κ2) is 10.6. The molecule has 3 aromatic carbocycles. The molecule has 2 N–H and O–H groups in total. The summed E-state index contributed by atoms with van der Waals surface area (Å²) in [7, 11) is -5.23. The molecule has 10 heteroatoms. The number of fused-ring (bicyclic) bond motifs is 3. The van der Waals surface area contributed by atoms with Crippen LogP contribution in [0.15, 0.2) is 54.6 Å². The lowest BCUT2D eigenvalue weighted by molar-refractivity contribution is 0.142. The van der Waals surface area contributed by atoms with E-state index in [0.29, 0.717) is 29.8 Å². The average Bonchev–Trinajstić information content (AvgIpc) is 3.23. The van der Waals surface area contributed by atoms with E-state index in [0.717, 1.165) is 41.0 Å². The van der Waals surface area contributed by atoms with Crippen LogP contribution in [0, 0.1) is 13.8 Å². The Hall–Kier alpha value is -3.63. The van der Waals surface area contributed by atoms with E-state index in [4.69, 9.17) is 8.92 Å². The van der Waals surface area contributed by atoms with Crippen LogP contribution in [0.5, 0.6) is 5.75 Å². The molecule has 3 aromatic rings. The monoisotopic (exact) mass is 539 g/mol. The smallest absolute Gasteiger partial charge is 0.449 e. The lowest BCUT2D eigenvalue weighted by atomic mass is 9.98. The second-order valence-corrected chi connectivity index (χ2v) is 10.5. The molecule has 200 valence electrons. The van der Waals surface area contributed by atoms with Crippen molar-refractivity contribution >= 4 is 22.3 Å². The Morgan fingerprint density at radius 3 is 2.24 bits per heavy atom. The van der Waals surface area contributed by atoms with E-state index in [1.807, 2.05) is 30.3 Å². The van der Waals surface area contributed by atoms with Gasteiger partial charge in [-0.2, -0.15) is 8.42 Å². The first-order chi connectivity index (χ1) is 18.2. The molecule has 0 saturated carbocycles.